The molecule has 0 spiro atoms. The Morgan fingerprint density at radius 2 is 1.63 bits per heavy atom. The minimum atomic E-state index is 0.220. The number of hydrogen-bond acceptors (Lipinski definition) is 2. The molecule has 3 aromatic rings. The molecule has 0 aromatic heterocycles. The second-order valence-corrected chi connectivity index (χ2v) is 16.3. The summed E-state index contributed by atoms with van der Waals surface area (Å²) in [4.78, 5) is 2.65. The van der Waals surface area contributed by atoms with E-state index in [0.717, 1.165) is 44.2 Å². The lowest BCUT2D eigenvalue weighted by molar-refractivity contribution is 0.203. The maximum atomic E-state index is 9.60. The number of fused-ring (bicyclic) bond motifs is 1. The molecule has 2 heteroatoms. The van der Waals surface area contributed by atoms with Crippen LogP contribution in [0.15, 0.2) is 180 Å². The van der Waals surface area contributed by atoms with Crippen LogP contribution >= 0.6 is 0 Å². The first-order valence-electron chi connectivity index (χ1n) is 22.4. The van der Waals surface area contributed by atoms with Crippen molar-refractivity contribution >= 4 is 22.4 Å². The van der Waals surface area contributed by atoms with Crippen molar-refractivity contribution in [2.75, 3.05) is 6.54 Å². The second-order valence-electron chi connectivity index (χ2n) is 16.3. The summed E-state index contributed by atoms with van der Waals surface area (Å²) in [6.45, 7) is 22.9. The highest BCUT2D eigenvalue weighted by Crippen LogP contribution is 2.31. The number of aryl methyl sites for hydroxylation is 1. The highest BCUT2D eigenvalue weighted by Gasteiger charge is 2.27. The number of benzene rings is 3. The molecule has 310 valence electrons. The summed E-state index contributed by atoms with van der Waals surface area (Å²) in [6, 6.07) is 25.2. The van der Waals surface area contributed by atoms with Gasteiger partial charge in [0.1, 0.15) is 0 Å². The highest BCUT2D eigenvalue weighted by atomic mass is 15.2. The fourth-order valence-electron chi connectivity index (χ4n) is 8.79. The molecule has 0 radical (unpaired) electrons. The molecular formula is C58H68N2. The van der Waals surface area contributed by atoms with Crippen LogP contribution in [0.25, 0.3) is 22.4 Å². The Morgan fingerprint density at radius 1 is 0.883 bits per heavy atom. The van der Waals surface area contributed by atoms with E-state index in [1.165, 1.54) is 60.2 Å². The van der Waals surface area contributed by atoms with Gasteiger partial charge in [-0.2, -0.15) is 5.26 Å². The average molecular weight is 793 g/mol. The summed E-state index contributed by atoms with van der Waals surface area (Å²) in [5.74, 6) is 0.786. The summed E-state index contributed by atoms with van der Waals surface area (Å²) in [5.41, 5.74) is 10.1. The molecule has 2 nitrogen and oxygen atoms in total. The van der Waals surface area contributed by atoms with Gasteiger partial charge in [0, 0.05) is 36.0 Å². The molecule has 0 N–H and O–H groups in total. The Hall–Kier alpha value is -5.49. The van der Waals surface area contributed by atoms with E-state index in [4.69, 9.17) is 0 Å². The first-order valence-corrected chi connectivity index (χ1v) is 22.4. The Balaban J connectivity index is 1.61. The maximum Gasteiger partial charge on any atom is 0.0988 e. The van der Waals surface area contributed by atoms with Gasteiger partial charge in [-0.1, -0.05) is 180 Å². The Bertz CT molecular complexity index is 2410. The molecule has 5 unspecified atom stereocenters. The van der Waals surface area contributed by atoms with Gasteiger partial charge in [0.25, 0.3) is 0 Å². The van der Waals surface area contributed by atoms with Crippen LogP contribution in [-0.4, -0.2) is 23.5 Å². The van der Waals surface area contributed by atoms with E-state index in [2.05, 4.69) is 219 Å². The van der Waals surface area contributed by atoms with E-state index in [9.17, 15) is 5.26 Å². The van der Waals surface area contributed by atoms with Crippen LogP contribution in [0.1, 0.15) is 97.6 Å². The van der Waals surface area contributed by atoms with Crippen molar-refractivity contribution in [3.05, 3.63) is 202 Å². The molecule has 2 aliphatic rings. The number of rotatable bonds is 17. The van der Waals surface area contributed by atoms with Crippen LogP contribution in [0.5, 0.6) is 0 Å². The summed E-state index contributed by atoms with van der Waals surface area (Å²) >= 11 is 0. The van der Waals surface area contributed by atoms with Crippen LogP contribution in [0.3, 0.4) is 0 Å². The summed E-state index contributed by atoms with van der Waals surface area (Å²) in [7, 11) is 0. The van der Waals surface area contributed by atoms with Crippen molar-refractivity contribution in [3.8, 4) is 6.07 Å². The van der Waals surface area contributed by atoms with E-state index in [0.29, 0.717) is 5.92 Å². The van der Waals surface area contributed by atoms with E-state index < -0.39 is 0 Å². The van der Waals surface area contributed by atoms with E-state index in [-0.39, 0.29) is 23.9 Å². The predicted molar refractivity (Wildman–Crippen MR) is 262 cm³/mol. The normalized spacial score (nSPS) is 20.1. The summed E-state index contributed by atoms with van der Waals surface area (Å²) in [6.07, 6.45) is 38.8. The van der Waals surface area contributed by atoms with E-state index in [1.807, 2.05) is 6.08 Å². The summed E-state index contributed by atoms with van der Waals surface area (Å²) in [5, 5.41) is 14.8. The second kappa shape index (κ2) is 22.8. The maximum absolute atomic E-state index is 9.60. The highest BCUT2D eigenvalue weighted by molar-refractivity contribution is 5.91. The molecular weight excluding hydrogens is 725 g/mol. The zero-order chi connectivity index (χ0) is 43.0. The summed E-state index contributed by atoms with van der Waals surface area (Å²) < 4.78 is 0. The number of hydrogen-bond donors (Lipinski definition) is 0. The minimum absolute atomic E-state index is 0.220. The fourth-order valence-corrected chi connectivity index (χ4v) is 8.79. The molecule has 5 atom stereocenters. The topological polar surface area (TPSA) is 27.0 Å². The third-order valence-corrected chi connectivity index (χ3v) is 12.4. The van der Waals surface area contributed by atoms with Gasteiger partial charge in [-0.05, 0) is 125 Å². The van der Waals surface area contributed by atoms with Crippen LogP contribution in [0, 0.1) is 30.1 Å². The smallest absolute Gasteiger partial charge is 0.0988 e. The van der Waals surface area contributed by atoms with Crippen LogP contribution < -0.4 is 10.4 Å². The molecule has 0 heterocycles. The van der Waals surface area contributed by atoms with Gasteiger partial charge in [-0.25, -0.2) is 0 Å². The molecule has 3 aromatic carbocycles. The first kappa shape index (κ1) is 45.6. The van der Waals surface area contributed by atoms with Crippen LogP contribution in [0.4, 0.5) is 0 Å². The first-order chi connectivity index (χ1) is 29.2. The van der Waals surface area contributed by atoms with Crippen molar-refractivity contribution in [1.29, 1.82) is 5.26 Å². The Kier molecular flexibility index (Phi) is 17.3. The molecule has 0 saturated heterocycles. The quantitative estimate of drug-likeness (QED) is 0.101. The molecule has 0 fully saturated rings. The molecule has 60 heavy (non-hydrogen) atoms. The van der Waals surface area contributed by atoms with Crippen molar-refractivity contribution in [1.82, 2.24) is 4.90 Å². The van der Waals surface area contributed by atoms with Crippen LogP contribution in [-0.2, 0) is 0 Å². The molecule has 0 bridgehead atoms. The van der Waals surface area contributed by atoms with Gasteiger partial charge >= 0.3 is 0 Å². The largest absolute Gasteiger partial charge is 0.286 e. The van der Waals surface area contributed by atoms with Gasteiger partial charge in [0.05, 0.1) is 6.07 Å². The number of nitrogens with zero attached hydrogens (tertiary/aromatic N) is 2. The van der Waals surface area contributed by atoms with Gasteiger partial charge in [0.2, 0.25) is 0 Å². The van der Waals surface area contributed by atoms with Crippen molar-refractivity contribution in [3.63, 3.8) is 0 Å². The Morgan fingerprint density at radius 3 is 2.23 bits per heavy atom. The van der Waals surface area contributed by atoms with Crippen molar-refractivity contribution < 1.29 is 0 Å². The zero-order valence-corrected chi connectivity index (χ0v) is 37.7. The fraction of sp³-hybridized carbons (Fsp3) is 0.328. The molecule has 5 rings (SSSR count). The van der Waals surface area contributed by atoms with Gasteiger partial charge < -0.3 is 0 Å². The lowest BCUT2D eigenvalue weighted by Crippen LogP contribution is -2.43. The number of allylic oxidation sites excluding steroid dienone is 14. The molecule has 2 aliphatic carbocycles. The lowest BCUT2D eigenvalue weighted by atomic mass is 9.85. The van der Waals surface area contributed by atoms with E-state index in [1.54, 1.807) is 0 Å². The third kappa shape index (κ3) is 11.2. The molecule has 0 aliphatic heterocycles. The minimum Gasteiger partial charge on any atom is -0.286 e. The van der Waals surface area contributed by atoms with Gasteiger partial charge in [-0.15, -0.1) is 6.58 Å². The third-order valence-electron chi connectivity index (χ3n) is 12.4. The lowest BCUT2D eigenvalue weighted by Gasteiger charge is -2.38. The Labute approximate surface area is 362 Å². The molecule has 0 saturated carbocycles. The SMILES string of the molecule is C=CC(C)C(/C=C\C)/C=C(/C=c1/ccc(C)c2/c(=C(\CC)C3=CCC(N(C/C(CC)=C(/C=C\C)\C=C/CC)C4C=CC(C#N)=CC4)C=C3)cccc12)C(C)c1ccccc1. The van der Waals surface area contributed by atoms with E-state index >= 15 is 0 Å². The predicted octanol–water partition coefficient (Wildman–Crippen LogP) is 13.8. The molecule has 0 amide bonds. The van der Waals surface area contributed by atoms with Gasteiger partial charge in [0.15, 0.2) is 0 Å². The number of nitriles is 1. The van der Waals surface area contributed by atoms with Crippen LogP contribution in [0.2, 0.25) is 0 Å². The average Bonchev–Trinajstić information content (AvgIpc) is 3.29. The van der Waals surface area contributed by atoms with Crippen molar-refractivity contribution in [2.45, 2.75) is 105 Å². The monoisotopic (exact) mass is 793 g/mol. The van der Waals surface area contributed by atoms with Gasteiger partial charge in [-0.3, -0.25) is 4.90 Å². The zero-order valence-electron chi connectivity index (χ0n) is 37.7. The standard InChI is InChI=1S/C58H68N2/c1-10-16-23-48(21-11-2)46(14-5)41-60(53-34-29-45(40-59)30-35-53)54-36-32-49(33-37-54)55(15-6)57-27-20-26-56-51(31-28-43(8)58(56)57)39-52(38-50(22-12-3)42(7)13-4)44(9)47-24-18-17-19-25-47/h11-13,16-34,36,38-39,42,44,50,53-54H,4,10,14-15,35,37,41H2,1-3,5-9H3/b21-11-,22-12-,23-16-,48-46-,51-39-,52-38-,57-55+. The van der Waals surface area contributed by atoms with Crippen molar-refractivity contribution in [2.24, 2.45) is 11.8 Å².